The second kappa shape index (κ2) is 13.1. The van der Waals surface area contributed by atoms with Gasteiger partial charge in [0.15, 0.2) is 10.1 Å². The predicted octanol–water partition coefficient (Wildman–Crippen LogP) is 5.11. The zero-order chi connectivity index (χ0) is 28.5. The monoisotopic (exact) mass is 555 g/mol. The Balaban J connectivity index is 0. The predicted molar refractivity (Wildman–Crippen MR) is 107 cm³/mol. The average Bonchev–Trinajstić information content (AvgIpc) is 2.65. The summed E-state index contributed by atoms with van der Waals surface area (Å²) < 4.78 is 141. The molecular formula is C19H30F9NO5S. The molecule has 0 aromatic carbocycles. The molecule has 0 saturated heterocycles. The Morgan fingerprint density at radius 1 is 0.886 bits per heavy atom. The van der Waals surface area contributed by atoms with Crippen LogP contribution in [0.3, 0.4) is 0 Å². The number of hydrogen-bond acceptors (Lipinski definition) is 5. The SMILES string of the molecule is C=C(C)C(=O)OCC[N+](C)(C)CCCCCCC.O=S(=O)([O-])C(F)(F)C(F)(F)C(F)(F)C(F)(F)F. The molecule has 210 valence electrons. The maximum absolute atomic E-state index is 12.2. The summed E-state index contributed by atoms with van der Waals surface area (Å²) in [7, 11) is -3.04. The summed E-state index contributed by atoms with van der Waals surface area (Å²) in [6.45, 7) is 9.97. The van der Waals surface area contributed by atoms with Gasteiger partial charge in [0, 0.05) is 5.57 Å². The Morgan fingerprint density at radius 3 is 1.71 bits per heavy atom. The van der Waals surface area contributed by atoms with Crippen molar-refractivity contribution < 1.29 is 66.5 Å². The fraction of sp³-hybridized carbons (Fsp3) is 0.842. The minimum Gasteiger partial charge on any atom is -0.743 e. The summed E-state index contributed by atoms with van der Waals surface area (Å²) >= 11 is 0. The highest BCUT2D eigenvalue weighted by atomic mass is 32.2. The van der Waals surface area contributed by atoms with Gasteiger partial charge in [-0.05, 0) is 19.8 Å². The molecular weight excluding hydrogens is 525 g/mol. The van der Waals surface area contributed by atoms with E-state index in [1.165, 1.54) is 32.1 Å². The molecule has 0 aromatic rings. The number of alkyl halides is 9. The highest BCUT2D eigenvalue weighted by molar-refractivity contribution is 7.86. The molecule has 35 heavy (non-hydrogen) atoms. The number of carbonyl (C=O) groups is 1. The molecule has 0 unspecified atom stereocenters. The molecule has 0 atom stereocenters. The van der Waals surface area contributed by atoms with Crippen LogP contribution in [0.2, 0.25) is 0 Å². The molecule has 0 amide bonds. The van der Waals surface area contributed by atoms with Crippen molar-refractivity contribution >= 4 is 16.1 Å². The number of halogens is 9. The molecule has 0 aliphatic heterocycles. The molecule has 0 spiro atoms. The van der Waals surface area contributed by atoms with Crippen LogP contribution in [0.5, 0.6) is 0 Å². The quantitative estimate of drug-likeness (QED) is 0.0788. The van der Waals surface area contributed by atoms with Crippen molar-refractivity contribution in [3.63, 3.8) is 0 Å². The van der Waals surface area contributed by atoms with Crippen LogP contribution in [0, 0.1) is 0 Å². The first-order valence-electron chi connectivity index (χ1n) is 10.2. The molecule has 0 aliphatic rings. The zero-order valence-electron chi connectivity index (χ0n) is 19.7. The number of carbonyl (C=O) groups excluding carboxylic acids is 1. The van der Waals surface area contributed by atoms with Crippen LogP contribution in [0.4, 0.5) is 39.5 Å². The van der Waals surface area contributed by atoms with Crippen LogP contribution >= 0.6 is 0 Å². The molecule has 0 heterocycles. The molecule has 0 aromatic heterocycles. The normalized spacial score (nSPS) is 13.7. The molecule has 6 nitrogen and oxygen atoms in total. The van der Waals surface area contributed by atoms with Crippen LogP contribution in [0.15, 0.2) is 12.2 Å². The number of ether oxygens (including phenoxy) is 1. The second-order valence-electron chi connectivity index (χ2n) is 8.33. The van der Waals surface area contributed by atoms with E-state index < -0.39 is 33.4 Å². The standard InChI is InChI=1S/C15H30NO2.C4HF9O3S/c1-6-7-8-9-10-11-16(4,5)12-13-18-15(17)14(2)3;5-1(6,3(9,10)11)2(7,8)4(12,13)17(14,15)16/h2,6-13H2,1,3-5H3;(H,14,15,16)/q+1;/p-1. The Kier molecular flexibility index (Phi) is 13.4. The molecule has 0 radical (unpaired) electrons. The summed E-state index contributed by atoms with van der Waals surface area (Å²) in [5, 5.41) is -7.11. The highest BCUT2D eigenvalue weighted by Crippen LogP contribution is 2.54. The minimum absolute atomic E-state index is 0.280. The lowest BCUT2D eigenvalue weighted by Crippen LogP contribution is -2.63. The van der Waals surface area contributed by atoms with Crippen molar-refractivity contribution in [2.45, 2.75) is 69.2 Å². The highest BCUT2D eigenvalue weighted by Gasteiger charge is 2.83. The van der Waals surface area contributed by atoms with Crippen LogP contribution in [-0.2, 0) is 19.6 Å². The molecule has 0 rings (SSSR count). The Morgan fingerprint density at radius 2 is 1.34 bits per heavy atom. The van der Waals surface area contributed by atoms with E-state index in [0.717, 1.165) is 17.6 Å². The van der Waals surface area contributed by atoms with Gasteiger partial charge in [0.05, 0.1) is 20.6 Å². The lowest BCUT2D eigenvalue weighted by molar-refractivity contribution is -0.890. The summed E-state index contributed by atoms with van der Waals surface area (Å²) in [4.78, 5) is 11.2. The van der Waals surface area contributed by atoms with Gasteiger partial charge in [-0.1, -0.05) is 32.8 Å². The molecule has 0 bridgehead atoms. The number of hydrogen-bond donors (Lipinski definition) is 0. The van der Waals surface area contributed by atoms with Crippen molar-refractivity contribution in [1.82, 2.24) is 0 Å². The number of quaternary nitrogens is 1. The topological polar surface area (TPSA) is 83.5 Å². The number of likely N-dealkylation sites (N-methyl/N-ethyl adjacent to an activating group) is 1. The van der Waals surface area contributed by atoms with Gasteiger partial charge >= 0.3 is 29.2 Å². The van der Waals surface area contributed by atoms with Gasteiger partial charge < -0.3 is 13.8 Å². The van der Waals surface area contributed by atoms with Crippen LogP contribution in [0.25, 0.3) is 0 Å². The van der Waals surface area contributed by atoms with Gasteiger partial charge in [-0.25, -0.2) is 13.2 Å². The third-order valence-corrected chi connectivity index (χ3v) is 5.46. The van der Waals surface area contributed by atoms with E-state index in [9.17, 15) is 57.3 Å². The molecule has 0 fully saturated rings. The van der Waals surface area contributed by atoms with Gasteiger partial charge in [0.2, 0.25) is 0 Å². The first-order valence-corrected chi connectivity index (χ1v) is 11.6. The maximum atomic E-state index is 12.2. The smallest absolute Gasteiger partial charge is 0.460 e. The minimum atomic E-state index is -7.43. The molecule has 0 N–H and O–H groups in total. The summed E-state index contributed by atoms with van der Waals surface area (Å²) in [6, 6.07) is 0. The number of rotatable bonds is 13. The number of esters is 1. The van der Waals surface area contributed by atoms with Crippen molar-refractivity contribution in [2.24, 2.45) is 0 Å². The first kappa shape index (κ1) is 35.6. The fourth-order valence-electron chi connectivity index (χ4n) is 2.28. The lowest BCUT2D eigenvalue weighted by atomic mass is 10.1. The van der Waals surface area contributed by atoms with E-state index in [4.69, 9.17) is 4.74 Å². The van der Waals surface area contributed by atoms with E-state index in [-0.39, 0.29) is 5.97 Å². The lowest BCUT2D eigenvalue weighted by Gasteiger charge is -2.34. The van der Waals surface area contributed by atoms with Crippen LogP contribution < -0.4 is 0 Å². The summed E-state index contributed by atoms with van der Waals surface area (Å²) in [6.07, 6.45) is -0.646. The van der Waals surface area contributed by atoms with Crippen molar-refractivity contribution in [2.75, 3.05) is 33.8 Å². The van der Waals surface area contributed by atoms with Crippen LogP contribution in [-0.4, -0.2) is 80.5 Å². The van der Waals surface area contributed by atoms with E-state index in [1.54, 1.807) is 6.92 Å². The average molecular weight is 556 g/mol. The Bertz CT molecular complexity index is 797. The third-order valence-electron chi connectivity index (χ3n) is 4.58. The largest absolute Gasteiger partial charge is 0.743 e. The first-order chi connectivity index (χ1) is 15.4. The number of unbranched alkanes of at least 4 members (excludes halogenated alkanes) is 4. The molecule has 0 saturated carbocycles. The van der Waals surface area contributed by atoms with Gasteiger partial charge in [-0.3, -0.25) is 0 Å². The maximum Gasteiger partial charge on any atom is 0.460 e. The Labute approximate surface area is 198 Å². The summed E-state index contributed by atoms with van der Waals surface area (Å²) in [5.74, 6) is -15.1. The fourth-order valence-corrected chi connectivity index (χ4v) is 2.72. The van der Waals surface area contributed by atoms with Gasteiger partial charge in [0.1, 0.15) is 13.2 Å². The Hall–Kier alpha value is -1.55. The zero-order valence-corrected chi connectivity index (χ0v) is 20.5. The van der Waals surface area contributed by atoms with Gasteiger partial charge in [-0.2, -0.15) is 39.5 Å². The van der Waals surface area contributed by atoms with Crippen LogP contribution in [0.1, 0.15) is 46.0 Å². The second-order valence-corrected chi connectivity index (χ2v) is 9.75. The number of nitrogens with zero attached hydrogens (tertiary/aromatic N) is 1. The van der Waals surface area contributed by atoms with Gasteiger partial charge in [0.25, 0.3) is 0 Å². The summed E-state index contributed by atoms with van der Waals surface area (Å²) in [5.41, 5.74) is 0.472. The van der Waals surface area contributed by atoms with Gasteiger partial charge in [-0.15, -0.1) is 0 Å². The van der Waals surface area contributed by atoms with Crippen molar-refractivity contribution in [1.29, 1.82) is 0 Å². The van der Waals surface area contributed by atoms with Crippen molar-refractivity contribution in [3.05, 3.63) is 12.2 Å². The van der Waals surface area contributed by atoms with E-state index in [2.05, 4.69) is 27.6 Å². The third kappa shape index (κ3) is 10.5. The van der Waals surface area contributed by atoms with E-state index >= 15 is 0 Å². The molecule has 0 aliphatic carbocycles. The van der Waals surface area contributed by atoms with E-state index in [1.807, 2.05) is 0 Å². The molecule has 16 heteroatoms. The van der Waals surface area contributed by atoms with Crippen molar-refractivity contribution in [3.8, 4) is 0 Å². The van der Waals surface area contributed by atoms with E-state index in [0.29, 0.717) is 12.2 Å².